The molecular formula is C17H21NO2. The summed E-state index contributed by atoms with van der Waals surface area (Å²) in [6.07, 6.45) is 2.92. The Balaban J connectivity index is 1.99. The molecule has 0 aromatic heterocycles. The maximum Gasteiger partial charge on any atom is 0.194 e. The molecule has 3 heteroatoms. The Bertz CT molecular complexity index is 572. The monoisotopic (exact) mass is 271 g/mol. The van der Waals surface area contributed by atoms with E-state index in [1.165, 1.54) is 5.56 Å². The first-order valence-electron chi connectivity index (χ1n) is 7.15. The van der Waals surface area contributed by atoms with E-state index in [1.807, 2.05) is 24.3 Å². The number of hydroxylamine groups is 1. The van der Waals surface area contributed by atoms with Crippen LogP contribution in [0.5, 0.6) is 0 Å². The molecule has 2 unspecified atom stereocenters. The smallest absolute Gasteiger partial charge is 0.194 e. The van der Waals surface area contributed by atoms with Gasteiger partial charge in [0.15, 0.2) is 12.3 Å². The van der Waals surface area contributed by atoms with Gasteiger partial charge in [-0.2, -0.15) is 0 Å². The zero-order valence-corrected chi connectivity index (χ0v) is 12.3. The lowest BCUT2D eigenvalue weighted by Crippen LogP contribution is -2.32. The second-order valence-electron chi connectivity index (χ2n) is 6.41. The molecule has 1 heterocycles. The van der Waals surface area contributed by atoms with Crippen LogP contribution in [0.2, 0.25) is 0 Å². The molecule has 0 fully saturated rings. The van der Waals surface area contributed by atoms with E-state index in [2.05, 4.69) is 26.0 Å². The Kier molecular flexibility index (Phi) is 3.08. The van der Waals surface area contributed by atoms with E-state index in [0.29, 0.717) is 12.5 Å². The van der Waals surface area contributed by atoms with Crippen LogP contribution in [0, 0.1) is 16.5 Å². The Morgan fingerprint density at radius 3 is 2.55 bits per heavy atom. The molecule has 1 aliphatic carbocycles. The number of fused-ring (bicyclic) bond motifs is 1. The van der Waals surface area contributed by atoms with Gasteiger partial charge in [0.25, 0.3) is 0 Å². The lowest BCUT2D eigenvalue weighted by atomic mass is 9.70. The minimum atomic E-state index is -0.0128. The normalized spacial score (nSPS) is 28.1. The summed E-state index contributed by atoms with van der Waals surface area (Å²) < 4.78 is 6.63. The van der Waals surface area contributed by atoms with Crippen molar-refractivity contribution < 1.29 is 9.48 Å². The zero-order valence-electron chi connectivity index (χ0n) is 12.3. The van der Waals surface area contributed by atoms with Gasteiger partial charge in [0, 0.05) is 11.5 Å². The molecule has 0 saturated carbocycles. The van der Waals surface area contributed by atoms with Gasteiger partial charge in [0.05, 0.1) is 18.9 Å². The molecule has 0 radical (unpaired) electrons. The number of ether oxygens (including phenoxy) is 1. The van der Waals surface area contributed by atoms with E-state index < -0.39 is 0 Å². The van der Waals surface area contributed by atoms with E-state index in [9.17, 15) is 5.21 Å². The third-order valence-corrected chi connectivity index (χ3v) is 4.64. The third kappa shape index (κ3) is 2.01. The van der Waals surface area contributed by atoms with E-state index in [0.717, 1.165) is 22.6 Å². The fourth-order valence-corrected chi connectivity index (χ4v) is 3.58. The molecule has 20 heavy (non-hydrogen) atoms. The minimum absolute atomic E-state index is 0.0128. The number of methoxy groups -OCH3 is 1. The Morgan fingerprint density at radius 2 is 1.90 bits per heavy atom. The molecule has 0 spiro atoms. The number of hydrogen-bond donors (Lipinski definition) is 0. The molecule has 0 saturated heterocycles. The number of hydrogen-bond acceptors (Lipinski definition) is 2. The Labute approximate surface area is 120 Å². The first kappa shape index (κ1) is 13.2. The van der Waals surface area contributed by atoms with Gasteiger partial charge in [0.2, 0.25) is 0 Å². The van der Waals surface area contributed by atoms with Gasteiger partial charge < -0.3 is 9.94 Å². The molecule has 3 rings (SSSR count). The van der Waals surface area contributed by atoms with E-state index in [1.54, 1.807) is 7.11 Å². The van der Waals surface area contributed by atoms with Gasteiger partial charge in [-0.25, -0.2) is 4.74 Å². The molecule has 3 nitrogen and oxygen atoms in total. The van der Waals surface area contributed by atoms with E-state index in [-0.39, 0.29) is 11.3 Å². The Hall–Kier alpha value is -1.77. The van der Waals surface area contributed by atoms with Crippen LogP contribution >= 0.6 is 0 Å². The summed E-state index contributed by atoms with van der Waals surface area (Å²) in [4.78, 5) is 0. The average Bonchev–Trinajstić information content (AvgIpc) is 2.74. The van der Waals surface area contributed by atoms with Crippen molar-refractivity contribution in [2.45, 2.75) is 26.2 Å². The molecule has 0 N–H and O–H groups in total. The molecule has 1 aromatic rings. The maximum atomic E-state index is 12.2. The highest BCUT2D eigenvalue weighted by molar-refractivity contribution is 5.96. The largest absolute Gasteiger partial charge is 0.624 e. The van der Waals surface area contributed by atoms with Gasteiger partial charge in [-0.15, -0.1) is 0 Å². The van der Waals surface area contributed by atoms with Crippen LogP contribution < -0.4 is 0 Å². The SMILES string of the molecule is COC1=CC2=[N+]([O-])CC(c3ccccc3)C2CC1(C)C. The molecule has 1 aromatic carbocycles. The molecule has 1 aliphatic heterocycles. The van der Waals surface area contributed by atoms with Crippen LogP contribution in [0.25, 0.3) is 0 Å². The standard InChI is InChI=1S/C17H21NO2/c1-17(2)10-13-14(12-7-5-4-6-8-12)11-18(19)15(13)9-16(17)20-3/h4-9,13-14H,10-11H2,1-3H3. The number of rotatable bonds is 2. The molecule has 0 amide bonds. The van der Waals surface area contributed by atoms with Crippen LogP contribution in [0.3, 0.4) is 0 Å². The van der Waals surface area contributed by atoms with Crippen molar-refractivity contribution in [2.75, 3.05) is 13.7 Å². The molecular weight excluding hydrogens is 250 g/mol. The van der Waals surface area contributed by atoms with Crippen LogP contribution in [0.4, 0.5) is 0 Å². The van der Waals surface area contributed by atoms with Crippen molar-refractivity contribution in [1.29, 1.82) is 0 Å². The maximum absolute atomic E-state index is 12.2. The highest BCUT2D eigenvalue weighted by Gasteiger charge is 2.47. The predicted octanol–water partition coefficient (Wildman–Crippen LogP) is 3.31. The summed E-state index contributed by atoms with van der Waals surface area (Å²) in [6, 6.07) is 10.4. The van der Waals surface area contributed by atoms with Crippen molar-refractivity contribution in [3.63, 3.8) is 0 Å². The number of benzene rings is 1. The summed E-state index contributed by atoms with van der Waals surface area (Å²) in [5, 5.41) is 12.2. The van der Waals surface area contributed by atoms with E-state index >= 15 is 0 Å². The molecule has 0 bridgehead atoms. The molecule has 2 atom stereocenters. The van der Waals surface area contributed by atoms with Crippen molar-refractivity contribution >= 4 is 5.71 Å². The zero-order chi connectivity index (χ0) is 14.3. The highest BCUT2D eigenvalue weighted by atomic mass is 16.5. The van der Waals surface area contributed by atoms with Crippen LogP contribution in [0.1, 0.15) is 31.7 Å². The molecule has 106 valence electrons. The quantitative estimate of drug-likeness (QED) is 0.611. The van der Waals surface area contributed by atoms with Crippen LogP contribution in [0.15, 0.2) is 42.2 Å². The average molecular weight is 271 g/mol. The fourth-order valence-electron chi connectivity index (χ4n) is 3.58. The van der Waals surface area contributed by atoms with Crippen molar-refractivity contribution in [1.82, 2.24) is 0 Å². The fraction of sp³-hybridized carbons (Fsp3) is 0.471. The first-order valence-corrected chi connectivity index (χ1v) is 7.15. The van der Waals surface area contributed by atoms with Gasteiger partial charge in [-0.1, -0.05) is 44.2 Å². The lowest BCUT2D eigenvalue weighted by molar-refractivity contribution is -0.450. The van der Waals surface area contributed by atoms with Crippen molar-refractivity contribution in [2.24, 2.45) is 11.3 Å². The topological polar surface area (TPSA) is 35.3 Å². The summed E-state index contributed by atoms with van der Waals surface area (Å²) >= 11 is 0. The summed E-state index contributed by atoms with van der Waals surface area (Å²) in [6.45, 7) is 4.93. The second-order valence-corrected chi connectivity index (χ2v) is 6.41. The van der Waals surface area contributed by atoms with Gasteiger partial charge in [-0.3, -0.25) is 0 Å². The number of nitrogens with zero attached hydrogens (tertiary/aromatic N) is 1. The summed E-state index contributed by atoms with van der Waals surface area (Å²) in [7, 11) is 1.69. The van der Waals surface area contributed by atoms with Crippen molar-refractivity contribution in [3.8, 4) is 0 Å². The first-order chi connectivity index (χ1) is 9.53. The minimum Gasteiger partial charge on any atom is -0.624 e. The van der Waals surface area contributed by atoms with Gasteiger partial charge in [0.1, 0.15) is 5.76 Å². The van der Waals surface area contributed by atoms with Crippen molar-refractivity contribution in [3.05, 3.63) is 52.9 Å². The van der Waals surface area contributed by atoms with Crippen LogP contribution in [-0.2, 0) is 4.74 Å². The Morgan fingerprint density at radius 1 is 1.20 bits per heavy atom. The highest BCUT2D eigenvalue weighted by Crippen LogP contribution is 2.46. The van der Waals surface area contributed by atoms with E-state index in [4.69, 9.17) is 4.74 Å². The third-order valence-electron chi connectivity index (χ3n) is 4.64. The van der Waals surface area contributed by atoms with Gasteiger partial charge >= 0.3 is 0 Å². The summed E-state index contributed by atoms with van der Waals surface area (Å²) in [5.41, 5.74) is 2.13. The summed E-state index contributed by atoms with van der Waals surface area (Å²) in [5.74, 6) is 1.50. The lowest BCUT2D eigenvalue weighted by Gasteiger charge is -2.34. The molecule has 2 aliphatic rings. The second kappa shape index (κ2) is 4.65. The van der Waals surface area contributed by atoms with Crippen LogP contribution in [-0.4, -0.2) is 24.1 Å². The predicted molar refractivity (Wildman–Crippen MR) is 79.7 cm³/mol. The van der Waals surface area contributed by atoms with Gasteiger partial charge in [-0.05, 0) is 12.0 Å². The number of allylic oxidation sites excluding steroid dienone is 2.